The molecule has 242 valence electrons. The number of aromatic carboxylic acids is 1. The molecular formula is C29H21Br2F3N2O9S. The van der Waals surface area contributed by atoms with Crippen molar-refractivity contribution in [3.05, 3.63) is 74.7 Å². The second kappa shape index (κ2) is 13.4. The first kappa shape index (κ1) is 34.9. The highest BCUT2D eigenvalue weighted by Gasteiger charge is 2.37. The second-order valence-corrected chi connectivity index (χ2v) is 12.8. The quantitative estimate of drug-likeness (QED) is 0.0899. The van der Waals surface area contributed by atoms with Gasteiger partial charge in [-0.1, -0.05) is 30.3 Å². The Bertz CT molecular complexity index is 2020. The van der Waals surface area contributed by atoms with Gasteiger partial charge in [-0.3, -0.25) is 9.59 Å². The van der Waals surface area contributed by atoms with Gasteiger partial charge in [0.15, 0.2) is 10.1 Å². The standard InChI is InChI=1S/C28H20Br2N2O6.CHF3O3S/c1-31-20-5-3-2-4-18(20)25(28(36)37)19-10-7-16(14-21(19)31)17-9-6-15(26(29)27(17)30)8-13-24(35)38-32-22(33)11-12-23(32)34;2-1(3,4)8(5,6)7/h2-7,9-10,14H,8,11-13H2,1H3;(H,5,6,7). The molecule has 4 aromatic rings. The summed E-state index contributed by atoms with van der Waals surface area (Å²) in [5, 5.41) is 11.8. The van der Waals surface area contributed by atoms with E-state index < -0.39 is 39.4 Å². The van der Waals surface area contributed by atoms with E-state index in [9.17, 15) is 37.5 Å². The predicted octanol–water partition coefficient (Wildman–Crippen LogP) is 5.30. The van der Waals surface area contributed by atoms with Crippen molar-refractivity contribution in [2.45, 2.75) is 31.2 Å². The fourth-order valence-corrected chi connectivity index (χ4v) is 5.88. The molecule has 1 N–H and O–H groups in total. The minimum Gasteiger partial charge on any atom is -0.741 e. The lowest BCUT2D eigenvalue weighted by atomic mass is 9.97. The number of halogens is 5. The van der Waals surface area contributed by atoms with Gasteiger partial charge in [-0.2, -0.15) is 17.7 Å². The first-order valence-corrected chi connectivity index (χ1v) is 16.1. The van der Waals surface area contributed by atoms with Crippen LogP contribution in [-0.2, 0) is 42.8 Å². The third kappa shape index (κ3) is 7.22. The zero-order chi connectivity index (χ0) is 34.1. The maximum Gasteiger partial charge on any atom is 0.485 e. The Morgan fingerprint density at radius 2 is 1.57 bits per heavy atom. The number of carboxylic acids is 1. The minimum absolute atomic E-state index is 0.0156. The van der Waals surface area contributed by atoms with Gasteiger partial charge in [0.05, 0.1) is 22.8 Å². The summed E-state index contributed by atoms with van der Waals surface area (Å²) in [6.45, 7) is 0. The molecule has 1 aliphatic rings. The van der Waals surface area contributed by atoms with E-state index in [0.717, 1.165) is 36.7 Å². The minimum atomic E-state index is -6.09. The van der Waals surface area contributed by atoms with Gasteiger partial charge in [-0.25, -0.2) is 18.0 Å². The first-order chi connectivity index (χ1) is 21.4. The number of benzene rings is 3. The first-order valence-electron chi connectivity index (χ1n) is 13.1. The number of amides is 2. The normalized spacial score (nSPS) is 13.6. The molecule has 5 rings (SSSR count). The van der Waals surface area contributed by atoms with Gasteiger partial charge in [0, 0.05) is 33.9 Å². The molecule has 0 radical (unpaired) electrons. The highest BCUT2D eigenvalue weighted by atomic mass is 79.9. The molecular weight excluding hydrogens is 769 g/mol. The number of rotatable bonds is 6. The number of alkyl halides is 3. The molecule has 2 amide bonds. The summed E-state index contributed by atoms with van der Waals surface area (Å²) in [5.41, 5.74) is -1.20. The van der Waals surface area contributed by atoms with E-state index in [2.05, 4.69) is 31.9 Å². The molecule has 11 nitrogen and oxygen atoms in total. The highest BCUT2D eigenvalue weighted by Crippen LogP contribution is 2.38. The number of aromatic nitrogens is 1. The summed E-state index contributed by atoms with van der Waals surface area (Å²) in [7, 11) is -4.18. The van der Waals surface area contributed by atoms with E-state index in [4.69, 9.17) is 17.8 Å². The van der Waals surface area contributed by atoms with Crippen LogP contribution in [0.2, 0.25) is 0 Å². The van der Waals surface area contributed by atoms with Crippen molar-refractivity contribution in [2.24, 2.45) is 7.05 Å². The zero-order valence-electron chi connectivity index (χ0n) is 23.4. The third-order valence-corrected chi connectivity index (χ3v) is 9.76. The molecule has 3 aromatic carbocycles. The number of hydrogen-bond donors (Lipinski definition) is 1. The van der Waals surface area contributed by atoms with E-state index in [1.54, 1.807) is 0 Å². The monoisotopic (exact) mass is 788 g/mol. The van der Waals surface area contributed by atoms with Gasteiger partial charge in [0.25, 0.3) is 11.8 Å². The summed E-state index contributed by atoms with van der Waals surface area (Å²) in [6, 6.07) is 16.9. The Hall–Kier alpha value is -3.93. The number of carbonyl (C=O) groups is 4. The van der Waals surface area contributed by atoms with Crippen molar-refractivity contribution in [1.82, 2.24) is 5.06 Å². The average Bonchev–Trinajstić information content (AvgIpc) is 3.29. The van der Waals surface area contributed by atoms with Gasteiger partial charge in [-0.05, 0) is 67.1 Å². The van der Waals surface area contributed by atoms with E-state index in [1.807, 2.05) is 66.2 Å². The van der Waals surface area contributed by atoms with Crippen molar-refractivity contribution in [3.63, 3.8) is 0 Å². The summed E-state index contributed by atoms with van der Waals surface area (Å²) in [6.07, 6.45) is 0.410. The summed E-state index contributed by atoms with van der Waals surface area (Å²) in [5.74, 6) is -2.67. The van der Waals surface area contributed by atoms with Gasteiger partial charge < -0.3 is 14.5 Å². The maximum atomic E-state index is 12.2. The zero-order valence-corrected chi connectivity index (χ0v) is 27.4. The maximum absolute atomic E-state index is 12.2. The van der Waals surface area contributed by atoms with Crippen molar-refractivity contribution in [2.75, 3.05) is 0 Å². The number of carbonyl (C=O) groups excluding carboxylic acids is 3. The Morgan fingerprint density at radius 1 is 0.978 bits per heavy atom. The number of fused-ring (bicyclic) bond motifs is 2. The van der Waals surface area contributed by atoms with Crippen LogP contribution in [0.15, 0.2) is 63.5 Å². The lowest BCUT2D eigenvalue weighted by Gasteiger charge is -2.14. The summed E-state index contributed by atoms with van der Waals surface area (Å²) >= 11 is 7.27. The Kier molecular flexibility index (Phi) is 10.2. The van der Waals surface area contributed by atoms with Gasteiger partial charge in [0.1, 0.15) is 7.05 Å². The molecule has 0 spiro atoms. The smallest absolute Gasteiger partial charge is 0.485 e. The number of para-hydroxylation sites is 1. The molecule has 1 aromatic heterocycles. The summed E-state index contributed by atoms with van der Waals surface area (Å²) in [4.78, 5) is 52.7. The number of hydroxylamine groups is 2. The molecule has 46 heavy (non-hydrogen) atoms. The lowest BCUT2D eigenvalue weighted by molar-refractivity contribution is -0.617. The number of hydrogen-bond acceptors (Lipinski definition) is 8. The molecule has 0 bridgehead atoms. The highest BCUT2D eigenvalue weighted by molar-refractivity contribution is 9.13. The van der Waals surface area contributed by atoms with Gasteiger partial charge >= 0.3 is 17.4 Å². The molecule has 0 aliphatic carbocycles. The molecule has 1 saturated heterocycles. The topological polar surface area (TPSA) is 162 Å². The number of aryl methyl sites for hydroxylation is 2. The van der Waals surface area contributed by atoms with Crippen LogP contribution in [0, 0.1) is 0 Å². The van der Waals surface area contributed by atoms with Crippen molar-refractivity contribution < 1.29 is 59.8 Å². The molecule has 2 heterocycles. The third-order valence-electron chi connectivity index (χ3n) is 6.93. The fraction of sp³-hybridized carbons (Fsp3) is 0.207. The molecule has 1 fully saturated rings. The van der Waals surface area contributed by atoms with Crippen LogP contribution in [-0.4, -0.2) is 52.4 Å². The van der Waals surface area contributed by atoms with Crippen LogP contribution in [0.5, 0.6) is 0 Å². The molecule has 17 heteroatoms. The number of nitrogens with zero attached hydrogens (tertiary/aromatic N) is 2. The van der Waals surface area contributed by atoms with E-state index >= 15 is 0 Å². The average molecular weight is 790 g/mol. The van der Waals surface area contributed by atoms with Gasteiger partial charge in [0.2, 0.25) is 11.0 Å². The van der Waals surface area contributed by atoms with Crippen molar-refractivity contribution in [3.8, 4) is 11.1 Å². The number of imide groups is 1. The van der Waals surface area contributed by atoms with Crippen LogP contribution in [0.25, 0.3) is 32.9 Å². The Labute approximate surface area is 275 Å². The Morgan fingerprint density at radius 3 is 2.15 bits per heavy atom. The van der Waals surface area contributed by atoms with Crippen molar-refractivity contribution >= 4 is 87.5 Å². The van der Waals surface area contributed by atoms with Crippen LogP contribution in [0.4, 0.5) is 13.2 Å². The van der Waals surface area contributed by atoms with E-state index in [0.29, 0.717) is 22.3 Å². The SMILES string of the molecule is C[n+]1c2ccccc2c(C(=O)O)c2ccc(-c3ccc(CCC(=O)ON4C(=O)CCC4=O)c(Br)c3Br)cc21.O=S(=O)([O-])C(F)(F)F. The predicted molar refractivity (Wildman–Crippen MR) is 162 cm³/mol. The van der Waals surface area contributed by atoms with E-state index in [-0.39, 0.29) is 24.8 Å². The largest absolute Gasteiger partial charge is 0.741 e. The molecule has 1 aliphatic heterocycles. The van der Waals surface area contributed by atoms with Crippen LogP contribution >= 0.6 is 31.9 Å². The molecule has 0 atom stereocenters. The van der Waals surface area contributed by atoms with Gasteiger partial charge in [-0.15, -0.1) is 5.06 Å². The Balaban J connectivity index is 0.000000533. The number of carboxylic acid groups (broad SMARTS) is 1. The lowest BCUT2D eigenvalue weighted by Crippen LogP contribution is -2.32. The summed E-state index contributed by atoms with van der Waals surface area (Å²) < 4.78 is 62.4. The van der Waals surface area contributed by atoms with E-state index in [1.165, 1.54) is 0 Å². The molecule has 0 unspecified atom stereocenters. The van der Waals surface area contributed by atoms with Crippen LogP contribution < -0.4 is 4.57 Å². The van der Waals surface area contributed by atoms with Crippen LogP contribution in [0.3, 0.4) is 0 Å². The fourth-order valence-electron chi connectivity index (χ4n) is 4.72. The number of pyridine rings is 1. The van der Waals surface area contributed by atoms with Crippen LogP contribution in [0.1, 0.15) is 35.2 Å². The van der Waals surface area contributed by atoms with Crippen molar-refractivity contribution in [1.29, 1.82) is 0 Å². The molecule has 0 saturated carbocycles. The second-order valence-electron chi connectivity index (χ2n) is 9.83.